The average Bonchev–Trinajstić information content (AvgIpc) is 3.62. The topological polar surface area (TPSA) is 61.7 Å². The molecule has 6 atom stereocenters. The van der Waals surface area contributed by atoms with E-state index in [1.54, 1.807) is 6.07 Å². The molecule has 214 valence electrons. The number of phenols is 1. The molecule has 4 fully saturated rings. The third kappa shape index (κ3) is 3.97. The van der Waals surface area contributed by atoms with Crippen LogP contribution in [-0.4, -0.2) is 64.5 Å². The summed E-state index contributed by atoms with van der Waals surface area (Å²) in [5.41, 5.74) is 4.41. The minimum atomic E-state index is -0.778. The maximum atomic E-state index is 14.4. The van der Waals surface area contributed by atoms with E-state index in [0.717, 1.165) is 81.5 Å². The van der Waals surface area contributed by atoms with Crippen molar-refractivity contribution in [1.82, 2.24) is 14.9 Å². The molecule has 3 unspecified atom stereocenters. The second-order valence-electron chi connectivity index (χ2n) is 14.0. The number of hydrogen-bond donors (Lipinski definition) is 1. The number of ether oxygens (including phenoxy) is 1. The highest BCUT2D eigenvalue weighted by Crippen LogP contribution is 2.56. The van der Waals surface area contributed by atoms with Gasteiger partial charge in [0.15, 0.2) is 0 Å². The molecule has 1 N–H and O–H groups in total. The number of phenolic OH excluding ortho intramolecular Hbond substituents is 1. The standard InChI is InChI=1S/C32H40ClFN4O2/c1-19-12-31(25-10-23(39)11-26(33)28(19)25)7-5-24-27(14-31)35-30(36-29(24)37-15-20-3-4-21(9-20)16-37)40-18-32-6-2-8-38(32)17-22(34)13-32/h10-11,19-22,39H,2-9,12-18H2,1H3/t19-,20?,21?,22+,31?,32-/m0/s1. The number of benzene rings is 1. The van der Waals surface area contributed by atoms with Crippen LogP contribution in [0.5, 0.6) is 11.8 Å². The lowest BCUT2D eigenvalue weighted by atomic mass is 9.69. The molecule has 1 spiro atoms. The van der Waals surface area contributed by atoms with Crippen molar-refractivity contribution in [1.29, 1.82) is 0 Å². The van der Waals surface area contributed by atoms with Crippen molar-refractivity contribution in [3.8, 4) is 11.8 Å². The molecule has 1 aromatic carbocycles. The first-order valence-electron chi connectivity index (χ1n) is 15.5. The van der Waals surface area contributed by atoms with Crippen molar-refractivity contribution in [2.24, 2.45) is 11.8 Å². The van der Waals surface area contributed by atoms with Crippen LogP contribution in [0.1, 0.15) is 86.6 Å². The van der Waals surface area contributed by atoms with Crippen LogP contribution in [0.3, 0.4) is 0 Å². The predicted octanol–water partition coefficient (Wildman–Crippen LogP) is 5.96. The summed E-state index contributed by atoms with van der Waals surface area (Å²) in [6.07, 6.45) is 9.55. The number of halogens is 2. The lowest BCUT2D eigenvalue weighted by Crippen LogP contribution is -2.44. The largest absolute Gasteiger partial charge is 0.508 e. The number of fused-ring (bicyclic) bond motifs is 6. The van der Waals surface area contributed by atoms with Crippen molar-refractivity contribution in [3.05, 3.63) is 39.5 Å². The van der Waals surface area contributed by atoms with E-state index in [1.807, 2.05) is 6.07 Å². The highest BCUT2D eigenvalue weighted by molar-refractivity contribution is 6.31. The van der Waals surface area contributed by atoms with Crippen molar-refractivity contribution in [2.75, 3.05) is 37.7 Å². The van der Waals surface area contributed by atoms with Gasteiger partial charge in [-0.2, -0.15) is 9.97 Å². The van der Waals surface area contributed by atoms with Crippen LogP contribution in [0.15, 0.2) is 12.1 Å². The van der Waals surface area contributed by atoms with Gasteiger partial charge in [-0.15, -0.1) is 0 Å². The van der Waals surface area contributed by atoms with Crippen LogP contribution < -0.4 is 9.64 Å². The monoisotopic (exact) mass is 566 g/mol. The molecule has 0 amide bonds. The zero-order valence-electron chi connectivity index (χ0n) is 23.5. The van der Waals surface area contributed by atoms with Gasteiger partial charge >= 0.3 is 6.01 Å². The van der Waals surface area contributed by atoms with Crippen LogP contribution in [0, 0.1) is 11.8 Å². The van der Waals surface area contributed by atoms with Crippen LogP contribution in [0.25, 0.3) is 0 Å². The zero-order valence-corrected chi connectivity index (χ0v) is 24.2. The fourth-order valence-corrected chi connectivity index (χ4v) is 10.2. The number of aromatic nitrogens is 2. The Balaban J connectivity index is 1.16. The Morgan fingerprint density at radius 2 is 1.95 bits per heavy atom. The molecule has 3 aliphatic heterocycles. The molecule has 6 aliphatic rings. The van der Waals surface area contributed by atoms with Gasteiger partial charge in [0, 0.05) is 48.5 Å². The third-order valence-corrected chi connectivity index (χ3v) is 11.7. The van der Waals surface area contributed by atoms with Gasteiger partial charge < -0.3 is 14.7 Å². The molecular weight excluding hydrogens is 527 g/mol. The minimum Gasteiger partial charge on any atom is -0.508 e. The van der Waals surface area contributed by atoms with Gasteiger partial charge in [0.2, 0.25) is 0 Å². The summed E-state index contributed by atoms with van der Waals surface area (Å²) in [6.45, 7) is 6.30. The molecule has 1 saturated carbocycles. The van der Waals surface area contributed by atoms with Gasteiger partial charge in [-0.25, -0.2) is 4.39 Å². The average molecular weight is 567 g/mol. The summed E-state index contributed by atoms with van der Waals surface area (Å²) in [5.74, 6) is 3.15. The Bertz CT molecular complexity index is 1340. The Labute approximate surface area is 241 Å². The second-order valence-corrected chi connectivity index (χ2v) is 14.4. The molecule has 40 heavy (non-hydrogen) atoms. The van der Waals surface area contributed by atoms with E-state index in [2.05, 4.69) is 16.7 Å². The van der Waals surface area contributed by atoms with Crippen LogP contribution in [-0.2, 0) is 18.3 Å². The summed E-state index contributed by atoms with van der Waals surface area (Å²) in [5, 5.41) is 11.2. The van der Waals surface area contributed by atoms with E-state index in [0.29, 0.717) is 36.5 Å². The van der Waals surface area contributed by atoms with Gasteiger partial charge in [0.25, 0.3) is 0 Å². The Morgan fingerprint density at radius 3 is 2.77 bits per heavy atom. The van der Waals surface area contributed by atoms with Crippen LogP contribution in [0.4, 0.5) is 10.2 Å². The van der Waals surface area contributed by atoms with E-state index < -0.39 is 6.17 Å². The number of piperidine rings is 1. The smallest absolute Gasteiger partial charge is 0.318 e. The van der Waals surface area contributed by atoms with Gasteiger partial charge in [0.05, 0.1) is 11.2 Å². The molecular formula is C32H40ClFN4O2. The lowest BCUT2D eigenvalue weighted by molar-refractivity contribution is 0.107. The summed E-state index contributed by atoms with van der Waals surface area (Å²) < 4.78 is 20.9. The molecule has 3 aliphatic carbocycles. The van der Waals surface area contributed by atoms with Gasteiger partial charge in [-0.1, -0.05) is 18.5 Å². The van der Waals surface area contributed by atoms with Crippen molar-refractivity contribution in [3.63, 3.8) is 0 Å². The van der Waals surface area contributed by atoms with E-state index in [4.69, 9.17) is 26.3 Å². The summed E-state index contributed by atoms with van der Waals surface area (Å²) >= 11 is 6.67. The number of rotatable bonds is 4. The maximum absolute atomic E-state index is 14.4. The molecule has 3 saturated heterocycles. The molecule has 2 bridgehead atoms. The van der Waals surface area contributed by atoms with E-state index >= 15 is 0 Å². The summed E-state index contributed by atoms with van der Waals surface area (Å²) in [6, 6.07) is 4.08. The number of nitrogens with zero attached hydrogens (tertiary/aromatic N) is 4. The summed E-state index contributed by atoms with van der Waals surface area (Å²) in [7, 11) is 0. The zero-order chi connectivity index (χ0) is 27.2. The molecule has 4 heterocycles. The minimum absolute atomic E-state index is 0.0954. The number of anilines is 1. The molecule has 1 aromatic heterocycles. The first kappa shape index (κ1) is 25.6. The van der Waals surface area contributed by atoms with Crippen molar-refractivity contribution < 1.29 is 14.2 Å². The molecule has 8 rings (SSSR count). The first-order valence-corrected chi connectivity index (χ1v) is 15.9. The SMILES string of the molecule is C[C@H]1CC2(CCc3c(nc(OC[C@@]45CCCN4C[C@H](F)C5)nc3N3CC4CCC(C4)C3)C2)c2cc(O)cc(Cl)c21. The molecule has 2 aromatic rings. The van der Waals surface area contributed by atoms with Crippen molar-refractivity contribution in [2.45, 2.75) is 94.2 Å². The van der Waals surface area contributed by atoms with E-state index in [-0.39, 0.29) is 16.7 Å². The second kappa shape index (κ2) is 9.19. The number of alkyl halides is 1. The highest BCUT2D eigenvalue weighted by Gasteiger charge is 2.50. The van der Waals surface area contributed by atoms with E-state index in [9.17, 15) is 9.50 Å². The van der Waals surface area contributed by atoms with Crippen LogP contribution >= 0.6 is 11.6 Å². The Hall–Kier alpha value is -2.12. The third-order valence-electron chi connectivity index (χ3n) is 11.4. The normalized spacial score (nSPS) is 36.2. The fraction of sp³-hybridized carbons (Fsp3) is 0.688. The number of aromatic hydroxyl groups is 1. The number of hydrogen-bond acceptors (Lipinski definition) is 6. The fourth-order valence-electron chi connectivity index (χ4n) is 9.77. The maximum Gasteiger partial charge on any atom is 0.318 e. The van der Waals surface area contributed by atoms with Crippen molar-refractivity contribution >= 4 is 17.4 Å². The predicted molar refractivity (Wildman–Crippen MR) is 153 cm³/mol. The Morgan fingerprint density at radius 1 is 1.12 bits per heavy atom. The first-order chi connectivity index (χ1) is 19.3. The quantitative estimate of drug-likeness (QED) is 0.493. The molecule has 6 nitrogen and oxygen atoms in total. The van der Waals surface area contributed by atoms with Gasteiger partial charge in [0.1, 0.15) is 24.3 Å². The highest BCUT2D eigenvalue weighted by atomic mass is 35.5. The molecule has 0 radical (unpaired) electrons. The van der Waals surface area contributed by atoms with Gasteiger partial charge in [-0.3, -0.25) is 4.90 Å². The van der Waals surface area contributed by atoms with Crippen LogP contribution in [0.2, 0.25) is 5.02 Å². The summed E-state index contributed by atoms with van der Waals surface area (Å²) in [4.78, 5) is 15.0. The molecule has 8 heteroatoms. The van der Waals surface area contributed by atoms with Gasteiger partial charge in [-0.05, 0) is 98.9 Å². The Kier molecular flexibility index (Phi) is 5.88. The lowest BCUT2D eigenvalue weighted by Gasteiger charge is -2.39. The van der Waals surface area contributed by atoms with E-state index in [1.165, 1.54) is 36.0 Å².